The van der Waals surface area contributed by atoms with Crippen molar-refractivity contribution in [3.63, 3.8) is 0 Å². The van der Waals surface area contributed by atoms with Crippen molar-refractivity contribution < 1.29 is 0 Å². The van der Waals surface area contributed by atoms with E-state index in [-0.39, 0.29) is 0 Å². The van der Waals surface area contributed by atoms with Crippen LogP contribution in [0.1, 0.15) is 5.56 Å². The van der Waals surface area contributed by atoms with Crippen LogP contribution in [0.2, 0.25) is 5.02 Å². The fourth-order valence-electron chi connectivity index (χ4n) is 1.39. The molecule has 0 aliphatic carbocycles. The fraction of sp³-hybridized carbons (Fsp3) is 0.167. The molecule has 0 radical (unpaired) electrons. The van der Waals surface area contributed by atoms with E-state index >= 15 is 0 Å². The lowest BCUT2D eigenvalue weighted by molar-refractivity contribution is 0.817. The molecule has 0 aliphatic rings. The van der Waals surface area contributed by atoms with E-state index in [9.17, 15) is 0 Å². The SMILES string of the molecule is CNCc1ccc(Sc2cnccn2)c(Cl)c1. The first-order chi connectivity index (χ1) is 8.29. The molecule has 2 aromatic rings. The van der Waals surface area contributed by atoms with Gasteiger partial charge in [-0.3, -0.25) is 4.98 Å². The Hall–Kier alpha value is -1.10. The van der Waals surface area contributed by atoms with Gasteiger partial charge in [0.25, 0.3) is 0 Å². The molecule has 17 heavy (non-hydrogen) atoms. The molecule has 1 aromatic heterocycles. The number of aromatic nitrogens is 2. The van der Waals surface area contributed by atoms with Crippen molar-refractivity contribution >= 4 is 23.4 Å². The average molecular weight is 266 g/mol. The predicted octanol–water partition coefficient (Wildman–Crippen LogP) is 3.00. The number of hydrogen-bond acceptors (Lipinski definition) is 4. The van der Waals surface area contributed by atoms with E-state index in [1.165, 1.54) is 17.3 Å². The highest BCUT2D eigenvalue weighted by Crippen LogP contribution is 2.32. The predicted molar refractivity (Wildman–Crippen MR) is 70.4 cm³/mol. The van der Waals surface area contributed by atoms with Crippen LogP contribution in [0, 0.1) is 0 Å². The van der Waals surface area contributed by atoms with E-state index in [4.69, 9.17) is 11.6 Å². The zero-order valence-electron chi connectivity index (χ0n) is 9.35. The summed E-state index contributed by atoms with van der Waals surface area (Å²) in [4.78, 5) is 9.22. The molecule has 0 amide bonds. The molecule has 5 heteroatoms. The van der Waals surface area contributed by atoms with Crippen LogP contribution in [0.4, 0.5) is 0 Å². The standard InChI is InChI=1S/C12H12ClN3S/c1-14-7-9-2-3-11(10(13)6-9)17-12-8-15-4-5-16-12/h2-6,8,14H,7H2,1H3. The molecule has 1 aromatic carbocycles. The number of nitrogens with zero attached hydrogens (tertiary/aromatic N) is 2. The van der Waals surface area contributed by atoms with E-state index in [1.807, 2.05) is 19.2 Å². The zero-order valence-corrected chi connectivity index (χ0v) is 10.9. The molecule has 0 bridgehead atoms. The minimum Gasteiger partial charge on any atom is -0.316 e. The molecule has 2 rings (SSSR count). The third-order valence-electron chi connectivity index (χ3n) is 2.13. The van der Waals surface area contributed by atoms with Crippen molar-refractivity contribution in [3.05, 3.63) is 47.4 Å². The lowest BCUT2D eigenvalue weighted by Crippen LogP contribution is -2.04. The summed E-state index contributed by atoms with van der Waals surface area (Å²) in [6, 6.07) is 6.03. The van der Waals surface area contributed by atoms with Crippen molar-refractivity contribution in [1.29, 1.82) is 0 Å². The van der Waals surface area contributed by atoms with Gasteiger partial charge in [-0.05, 0) is 24.7 Å². The van der Waals surface area contributed by atoms with Gasteiger partial charge in [0.1, 0.15) is 5.03 Å². The van der Waals surface area contributed by atoms with E-state index in [1.54, 1.807) is 18.6 Å². The number of nitrogens with one attached hydrogen (secondary N) is 1. The van der Waals surface area contributed by atoms with Gasteiger partial charge in [-0.1, -0.05) is 29.4 Å². The van der Waals surface area contributed by atoms with Gasteiger partial charge in [0.05, 0.1) is 11.2 Å². The minimum absolute atomic E-state index is 0.744. The van der Waals surface area contributed by atoms with Crippen molar-refractivity contribution in [3.8, 4) is 0 Å². The average Bonchev–Trinajstić information content (AvgIpc) is 2.34. The molecule has 88 valence electrons. The molecule has 0 unspecified atom stereocenters. The Bertz CT molecular complexity index is 490. The number of rotatable bonds is 4. The Morgan fingerprint density at radius 3 is 2.88 bits per heavy atom. The van der Waals surface area contributed by atoms with Gasteiger partial charge in [0.2, 0.25) is 0 Å². The van der Waals surface area contributed by atoms with Crippen molar-refractivity contribution in [2.24, 2.45) is 0 Å². The first kappa shape index (κ1) is 12.4. The summed E-state index contributed by atoms with van der Waals surface area (Å²) in [5, 5.41) is 4.68. The summed E-state index contributed by atoms with van der Waals surface area (Å²) >= 11 is 7.73. The minimum atomic E-state index is 0.744. The molecule has 1 N–H and O–H groups in total. The van der Waals surface area contributed by atoms with Gasteiger partial charge in [0.15, 0.2) is 0 Å². The molecule has 0 aliphatic heterocycles. The largest absolute Gasteiger partial charge is 0.316 e. The van der Waals surface area contributed by atoms with E-state index in [2.05, 4.69) is 21.4 Å². The normalized spacial score (nSPS) is 10.5. The van der Waals surface area contributed by atoms with Crippen molar-refractivity contribution in [1.82, 2.24) is 15.3 Å². The smallest absolute Gasteiger partial charge is 0.119 e. The highest BCUT2D eigenvalue weighted by atomic mass is 35.5. The van der Waals surface area contributed by atoms with E-state index in [0.717, 1.165) is 21.5 Å². The molecule has 1 heterocycles. The third-order valence-corrected chi connectivity index (χ3v) is 3.55. The zero-order chi connectivity index (χ0) is 12.1. The van der Waals surface area contributed by atoms with Gasteiger partial charge in [0, 0.05) is 23.8 Å². The highest BCUT2D eigenvalue weighted by molar-refractivity contribution is 7.99. The number of hydrogen-bond donors (Lipinski definition) is 1. The maximum absolute atomic E-state index is 6.22. The Labute approximate surface area is 110 Å². The summed E-state index contributed by atoms with van der Waals surface area (Å²) < 4.78 is 0. The van der Waals surface area contributed by atoms with Crippen molar-refractivity contribution in [2.75, 3.05) is 7.05 Å². The Morgan fingerprint density at radius 2 is 2.24 bits per heavy atom. The van der Waals surface area contributed by atoms with Crippen molar-refractivity contribution in [2.45, 2.75) is 16.5 Å². The molecule has 3 nitrogen and oxygen atoms in total. The van der Waals surface area contributed by atoms with Gasteiger partial charge in [-0.2, -0.15) is 0 Å². The van der Waals surface area contributed by atoms with E-state index in [0.29, 0.717) is 0 Å². The first-order valence-electron chi connectivity index (χ1n) is 5.16. The summed E-state index contributed by atoms with van der Waals surface area (Å²) in [6.45, 7) is 0.815. The molecule has 0 atom stereocenters. The van der Waals surface area contributed by atoms with Gasteiger partial charge >= 0.3 is 0 Å². The molecular weight excluding hydrogens is 254 g/mol. The molecule has 0 fully saturated rings. The summed E-state index contributed by atoms with van der Waals surface area (Å²) in [5.74, 6) is 0. The Balaban J connectivity index is 2.17. The van der Waals surface area contributed by atoms with Crippen LogP contribution in [0.25, 0.3) is 0 Å². The Morgan fingerprint density at radius 1 is 1.35 bits per heavy atom. The molecular formula is C12H12ClN3S. The number of halogens is 1. The second kappa shape index (κ2) is 6.00. The van der Waals surface area contributed by atoms with Crippen LogP contribution in [0.5, 0.6) is 0 Å². The van der Waals surface area contributed by atoms with Crippen LogP contribution in [-0.2, 0) is 6.54 Å². The highest BCUT2D eigenvalue weighted by Gasteiger charge is 2.04. The maximum atomic E-state index is 6.22. The van der Waals surface area contributed by atoms with Crippen LogP contribution in [0.3, 0.4) is 0 Å². The quantitative estimate of drug-likeness (QED) is 0.922. The van der Waals surface area contributed by atoms with Gasteiger partial charge < -0.3 is 5.32 Å². The van der Waals surface area contributed by atoms with E-state index < -0.39 is 0 Å². The van der Waals surface area contributed by atoms with Gasteiger partial charge in [-0.15, -0.1) is 0 Å². The summed E-state index contributed by atoms with van der Waals surface area (Å²) in [6.07, 6.45) is 5.05. The third kappa shape index (κ3) is 3.43. The van der Waals surface area contributed by atoms with Crippen LogP contribution < -0.4 is 5.32 Å². The fourth-order valence-corrected chi connectivity index (χ4v) is 2.46. The second-order valence-corrected chi connectivity index (χ2v) is 4.91. The number of benzene rings is 1. The maximum Gasteiger partial charge on any atom is 0.119 e. The molecule has 0 spiro atoms. The lowest BCUT2D eigenvalue weighted by Gasteiger charge is -2.06. The lowest BCUT2D eigenvalue weighted by atomic mass is 10.2. The first-order valence-corrected chi connectivity index (χ1v) is 6.36. The molecule has 0 saturated heterocycles. The van der Waals surface area contributed by atoms with Crippen LogP contribution in [0.15, 0.2) is 46.7 Å². The second-order valence-electron chi connectivity index (χ2n) is 3.44. The topological polar surface area (TPSA) is 37.8 Å². The van der Waals surface area contributed by atoms with Crippen LogP contribution >= 0.6 is 23.4 Å². The Kier molecular flexibility index (Phi) is 4.36. The monoisotopic (exact) mass is 265 g/mol. The summed E-state index contributed by atoms with van der Waals surface area (Å²) in [5.41, 5.74) is 1.17. The summed E-state index contributed by atoms with van der Waals surface area (Å²) in [7, 11) is 1.91. The molecule has 0 saturated carbocycles. The van der Waals surface area contributed by atoms with Gasteiger partial charge in [-0.25, -0.2) is 4.98 Å². The van der Waals surface area contributed by atoms with Crippen LogP contribution in [-0.4, -0.2) is 17.0 Å².